The van der Waals surface area contributed by atoms with E-state index in [0.29, 0.717) is 13.0 Å². The first kappa shape index (κ1) is 35.9. The number of hydrogen-bond acceptors (Lipinski definition) is 4. The highest BCUT2D eigenvalue weighted by Gasteiger charge is 1.92. The van der Waals surface area contributed by atoms with Crippen molar-refractivity contribution >= 4 is 15.9 Å². The Hall–Kier alpha value is 0.320. The van der Waals surface area contributed by atoms with Crippen molar-refractivity contribution in [3.05, 3.63) is 0 Å². The summed E-state index contributed by atoms with van der Waals surface area (Å²) in [5.41, 5.74) is 0. The number of aliphatic hydroxyl groups is 3. The van der Waals surface area contributed by atoms with E-state index in [4.69, 9.17) is 20.1 Å². The molecule has 0 spiro atoms. The maximum absolute atomic E-state index is 8.53. The molecule has 0 aliphatic heterocycles. The molecule has 5 heteroatoms. The van der Waals surface area contributed by atoms with Crippen LogP contribution in [0.15, 0.2) is 0 Å². The predicted molar refractivity (Wildman–Crippen MR) is 140 cm³/mol. The summed E-state index contributed by atoms with van der Waals surface area (Å²) in [6.07, 6.45) is 23.4. The fourth-order valence-corrected chi connectivity index (χ4v) is 3.30. The van der Waals surface area contributed by atoms with Gasteiger partial charge in [-0.15, -0.1) is 0 Å². The Balaban J connectivity index is -0.000000428. The van der Waals surface area contributed by atoms with E-state index in [2.05, 4.69) is 29.8 Å². The molecule has 0 aromatic carbocycles. The van der Waals surface area contributed by atoms with Gasteiger partial charge in [0.25, 0.3) is 0 Å². The second-order valence-electron chi connectivity index (χ2n) is 8.13. The first-order chi connectivity index (χ1) is 15.2. The van der Waals surface area contributed by atoms with Crippen LogP contribution in [0.5, 0.6) is 0 Å². The molecule has 0 aromatic rings. The summed E-state index contributed by atoms with van der Waals surface area (Å²) in [5, 5.41) is 25.5. The summed E-state index contributed by atoms with van der Waals surface area (Å²) in [6.45, 7) is 6.54. The molecule has 0 fully saturated rings. The lowest BCUT2D eigenvalue weighted by atomic mass is 10.1. The molecular formula is C26H57BrO4. The lowest BCUT2D eigenvalue weighted by Crippen LogP contribution is -1.98. The van der Waals surface area contributed by atoms with Crippen LogP contribution in [0.25, 0.3) is 0 Å². The molecule has 192 valence electrons. The summed E-state index contributed by atoms with van der Waals surface area (Å²) < 4.78 is 5.36. The molecule has 0 unspecified atom stereocenters. The van der Waals surface area contributed by atoms with Gasteiger partial charge in [0.05, 0.1) is 0 Å². The minimum Gasteiger partial charge on any atom is -0.396 e. The van der Waals surface area contributed by atoms with Crippen molar-refractivity contribution in [2.24, 2.45) is 0 Å². The van der Waals surface area contributed by atoms with Crippen LogP contribution < -0.4 is 0 Å². The number of alkyl halides is 1. The van der Waals surface area contributed by atoms with Crippen LogP contribution in [0.1, 0.15) is 129 Å². The van der Waals surface area contributed by atoms with Crippen molar-refractivity contribution < 1.29 is 20.1 Å². The molecule has 0 heterocycles. The molecular weight excluding hydrogens is 456 g/mol. The van der Waals surface area contributed by atoms with E-state index in [1.54, 1.807) is 0 Å². The van der Waals surface area contributed by atoms with E-state index in [0.717, 1.165) is 13.0 Å². The van der Waals surface area contributed by atoms with Gasteiger partial charge >= 0.3 is 0 Å². The van der Waals surface area contributed by atoms with Crippen LogP contribution in [-0.2, 0) is 4.74 Å². The molecule has 0 amide bonds. The van der Waals surface area contributed by atoms with Crippen LogP contribution in [0.4, 0.5) is 0 Å². The fraction of sp³-hybridized carbons (Fsp3) is 1.00. The quantitative estimate of drug-likeness (QED) is 0.104. The van der Waals surface area contributed by atoms with Crippen molar-refractivity contribution in [1.82, 2.24) is 0 Å². The van der Waals surface area contributed by atoms with Crippen LogP contribution in [-0.4, -0.2) is 53.7 Å². The second-order valence-corrected chi connectivity index (χ2v) is 8.92. The zero-order chi connectivity index (χ0) is 23.7. The standard InChI is InChI=1S/C13H28O2.C10H21Br.C3H8O2/c1-2-3-4-5-6-7-8-9-12-15-13-10-11-14;1-2-3-4-5-6-7-8-9-10-11;4-2-1-3-5/h14H,2-13H2,1H3;2-10H2,1H3;4-5H,1-3H2. The van der Waals surface area contributed by atoms with E-state index >= 15 is 0 Å². The summed E-state index contributed by atoms with van der Waals surface area (Å²) in [4.78, 5) is 0. The monoisotopic (exact) mass is 512 g/mol. The summed E-state index contributed by atoms with van der Waals surface area (Å²) in [7, 11) is 0. The van der Waals surface area contributed by atoms with Gasteiger partial charge in [0, 0.05) is 38.4 Å². The van der Waals surface area contributed by atoms with Crippen LogP contribution in [0, 0.1) is 0 Å². The minimum absolute atomic E-state index is 0.0938. The number of halogens is 1. The summed E-state index contributed by atoms with van der Waals surface area (Å²) in [6, 6.07) is 0. The maximum Gasteiger partial charge on any atom is 0.0487 e. The predicted octanol–water partition coefficient (Wildman–Crippen LogP) is 7.41. The maximum atomic E-state index is 8.53. The minimum atomic E-state index is 0.0938. The Bertz CT molecular complexity index is 234. The molecule has 0 aliphatic carbocycles. The second kappa shape index (κ2) is 40.7. The topological polar surface area (TPSA) is 69.9 Å². The van der Waals surface area contributed by atoms with Crippen molar-refractivity contribution in [3.63, 3.8) is 0 Å². The fourth-order valence-electron chi connectivity index (χ4n) is 2.91. The first-order valence-corrected chi connectivity index (χ1v) is 14.3. The van der Waals surface area contributed by atoms with Crippen molar-refractivity contribution in [3.8, 4) is 0 Å². The van der Waals surface area contributed by atoms with Gasteiger partial charge in [-0.05, 0) is 25.7 Å². The molecule has 0 atom stereocenters. The Morgan fingerprint density at radius 3 is 1.16 bits per heavy atom. The molecule has 0 saturated carbocycles. The molecule has 0 saturated heterocycles. The zero-order valence-corrected chi connectivity index (χ0v) is 22.7. The van der Waals surface area contributed by atoms with Gasteiger partial charge in [-0.1, -0.05) is 120 Å². The van der Waals surface area contributed by atoms with E-state index in [1.807, 2.05) is 0 Å². The Kier molecular flexibility index (Phi) is 47.1. The van der Waals surface area contributed by atoms with Gasteiger partial charge in [0.15, 0.2) is 0 Å². The van der Waals surface area contributed by atoms with Crippen molar-refractivity contribution in [1.29, 1.82) is 0 Å². The van der Waals surface area contributed by atoms with Gasteiger partial charge < -0.3 is 20.1 Å². The first-order valence-electron chi connectivity index (χ1n) is 13.2. The number of unbranched alkanes of at least 4 members (excludes halogenated alkanes) is 14. The van der Waals surface area contributed by atoms with Crippen molar-refractivity contribution in [2.75, 3.05) is 38.4 Å². The Morgan fingerprint density at radius 2 is 0.806 bits per heavy atom. The lowest BCUT2D eigenvalue weighted by molar-refractivity contribution is 0.112. The summed E-state index contributed by atoms with van der Waals surface area (Å²) >= 11 is 3.44. The highest BCUT2D eigenvalue weighted by Crippen LogP contribution is 2.09. The molecule has 3 N–H and O–H groups in total. The lowest BCUT2D eigenvalue weighted by Gasteiger charge is -2.03. The van der Waals surface area contributed by atoms with Gasteiger partial charge in [-0.2, -0.15) is 0 Å². The van der Waals surface area contributed by atoms with Gasteiger partial charge in [0.2, 0.25) is 0 Å². The van der Waals surface area contributed by atoms with Crippen molar-refractivity contribution in [2.45, 2.75) is 129 Å². The normalized spacial score (nSPS) is 10.3. The largest absolute Gasteiger partial charge is 0.396 e. The van der Waals surface area contributed by atoms with E-state index in [-0.39, 0.29) is 19.8 Å². The van der Waals surface area contributed by atoms with E-state index < -0.39 is 0 Å². The molecule has 0 rings (SSSR count). The Morgan fingerprint density at radius 1 is 0.452 bits per heavy atom. The third-order valence-electron chi connectivity index (χ3n) is 4.89. The number of rotatable bonds is 22. The third-order valence-corrected chi connectivity index (χ3v) is 5.45. The summed E-state index contributed by atoms with van der Waals surface area (Å²) in [5.74, 6) is 0. The van der Waals surface area contributed by atoms with E-state index in [9.17, 15) is 0 Å². The van der Waals surface area contributed by atoms with Crippen LogP contribution in [0.3, 0.4) is 0 Å². The van der Waals surface area contributed by atoms with Crippen LogP contribution in [0.2, 0.25) is 0 Å². The van der Waals surface area contributed by atoms with E-state index in [1.165, 1.54) is 108 Å². The molecule has 0 radical (unpaired) electrons. The molecule has 0 aromatic heterocycles. The average molecular weight is 514 g/mol. The number of ether oxygens (including phenoxy) is 1. The van der Waals surface area contributed by atoms with Gasteiger partial charge in [-0.25, -0.2) is 0 Å². The van der Waals surface area contributed by atoms with Crippen LogP contribution >= 0.6 is 15.9 Å². The van der Waals surface area contributed by atoms with Gasteiger partial charge in [0.1, 0.15) is 0 Å². The molecule has 0 aliphatic rings. The SMILES string of the molecule is CCCCCCCCCCBr.CCCCCCCCCCOCCCO.OCCCO. The third kappa shape index (κ3) is 48.8. The van der Waals surface area contributed by atoms with Gasteiger partial charge in [-0.3, -0.25) is 0 Å². The zero-order valence-electron chi connectivity index (χ0n) is 21.1. The molecule has 0 bridgehead atoms. The average Bonchev–Trinajstić information content (AvgIpc) is 2.78. The smallest absolute Gasteiger partial charge is 0.0487 e. The highest BCUT2D eigenvalue weighted by molar-refractivity contribution is 9.09. The Labute approximate surface area is 203 Å². The number of hydrogen-bond donors (Lipinski definition) is 3. The molecule has 31 heavy (non-hydrogen) atoms. The molecule has 4 nitrogen and oxygen atoms in total. The number of aliphatic hydroxyl groups excluding tert-OH is 3. The highest BCUT2D eigenvalue weighted by atomic mass is 79.9.